The number of nitrogens with zero attached hydrogens (tertiary/aromatic N) is 3. The largest absolute Gasteiger partial charge is 0.439 e. The van der Waals surface area contributed by atoms with Gasteiger partial charge < -0.3 is 9.64 Å². The Morgan fingerprint density at radius 1 is 1.13 bits per heavy atom. The van der Waals surface area contributed by atoms with E-state index in [2.05, 4.69) is 6.92 Å². The standard InChI is InChI=1S/C25H31N3O2/c1-6-15-28(24(29)18(2)3)17-22-23(20-12-8-7-9-13-20)26-27(5)25(22)30-21-14-10-11-19(4)16-21/h7-14,16,18H,6,15,17H2,1-5H3. The van der Waals surface area contributed by atoms with Crippen molar-refractivity contribution in [2.24, 2.45) is 13.0 Å². The molecule has 158 valence electrons. The SMILES string of the molecule is CCCN(Cc1c(-c2ccccc2)nn(C)c1Oc1cccc(C)c1)C(=O)C(C)C. The number of aryl methyl sites for hydroxylation is 2. The minimum Gasteiger partial charge on any atom is -0.439 e. The van der Waals surface area contributed by atoms with Crippen LogP contribution in [0.2, 0.25) is 0 Å². The Bertz CT molecular complexity index is 993. The maximum absolute atomic E-state index is 12.9. The van der Waals surface area contributed by atoms with Gasteiger partial charge in [-0.05, 0) is 31.0 Å². The third kappa shape index (κ3) is 4.90. The molecule has 30 heavy (non-hydrogen) atoms. The molecular weight excluding hydrogens is 374 g/mol. The first-order valence-corrected chi connectivity index (χ1v) is 10.5. The van der Waals surface area contributed by atoms with Gasteiger partial charge in [0.2, 0.25) is 11.8 Å². The van der Waals surface area contributed by atoms with Gasteiger partial charge >= 0.3 is 0 Å². The van der Waals surface area contributed by atoms with Crippen molar-refractivity contribution in [3.63, 3.8) is 0 Å². The van der Waals surface area contributed by atoms with E-state index in [1.807, 2.05) is 87.3 Å². The molecule has 1 aromatic heterocycles. The van der Waals surface area contributed by atoms with Crippen LogP contribution < -0.4 is 4.74 Å². The smallest absolute Gasteiger partial charge is 0.225 e. The molecule has 0 atom stereocenters. The summed E-state index contributed by atoms with van der Waals surface area (Å²) in [5.41, 5.74) is 3.91. The van der Waals surface area contributed by atoms with Gasteiger partial charge in [0.25, 0.3) is 0 Å². The first-order valence-electron chi connectivity index (χ1n) is 10.5. The second-order valence-corrected chi connectivity index (χ2v) is 7.96. The Balaban J connectivity index is 2.07. The molecule has 0 unspecified atom stereocenters. The van der Waals surface area contributed by atoms with Crippen LogP contribution in [0.1, 0.15) is 38.3 Å². The number of carbonyl (C=O) groups excluding carboxylic acids is 1. The Morgan fingerprint density at radius 3 is 2.50 bits per heavy atom. The van der Waals surface area contributed by atoms with Crippen molar-refractivity contribution in [2.45, 2.75) is 40.7 Å². The summed E-state index contributed by atoms with van der Waals surface area (Å²) in [5.74, 6) is 1.50. The predicted molar refractivity (Wildman–Crippen MR) is 120 cm³/mol. The van der Waals surface area contributed by atoms with Crippen LogP contribution in [0.15, 0.2) is 54.6 Å². The molecule has 2 aromatic carbocycles. The van der Waals surface area contributed by atoms with Gasteiger partial charge in [-0.1, -0.05) is 63.2 Å². The highest BCUT2D eigenvalue weighted by Gasteiger charge is 2.25. The number of aromatic nitrogens is 2. The van der Waals surface area contributed by atoms with Crippen LogP contribution in [0.3, 0.4) is 0 Å². The highest BCUT2D eigenvalue weighted by atomic mass is 16.5. The second kappa shape index (κ2) is 9.61. The average Bonchev–Trinajstić information content (AvgIpc) is 3.03. The van der Waals surface area contributed by atoms with E-state index < -0.39 is 0 Å². The molecular formula is C25H31N3O2. The van der Waals surface area contributed by atoms with Gasteiger partial charge in [-0.25, -0.2) is 4.68 Å². The van der Waals surface area contributed by atoms with E-state index in [-0.39, 0.29) is 11.8 Å². The van der Waals surface area contributed by atoms with Gasteiger partial charge in [-0.2, -0.15) is 5.10 Å². The molecule has 0 N–H and O–H groups in total. The van der Waals surface area contributed by atoms with Crippen LogP contribution >= 0.6 is 0 Å². The highest BCUT2D eigenvalue weighted by Crippen LogP contribution is 2.34. The summed E-state index contributed by atoms with van der Waals surface area (Å²) < 4.78 is 8.07. The van der Waals surface area contributed by atoms with Crippen LogP contribution in [-0.2, 0) is 18.4 Å². The fraction of sp³-hybridized carbons (Fsp3) is 0.360. The van der Waals surface area contributed by atoms with Crippen molar-refractivity contribution < 1.29 is 9.53 Å². The number of carbonyl (C=O) groups is 1. The Morgan fingerprint density at radius 2 is 1.87 bits per heavy atom. The third-order valence-electron chi connectivity index (χ3n) is 4.99. The fourth-order valence-electron chi connectivity index (χ4n) is 3.53. The van der Waals surface area contributed by atoms with Crippen molar-refractivity contribution in [1.29, 1.82) is 0 Å². The molecule has 0 fully saturated rings. The quantitative estimate of drug-likeness (QED) is 0.491. The molecule has 0 bridgehead atoms. The van der Waals surface area contributed by atoms with E-state index in [1.54, 1.807) is 4.68 Å². The fourth-order valence-corrected chi connectivity index (χ4v) is 3.53. The van der Waals surface area contributed by atoms with Gasteiger partial charge in [0, 0.05) is 25.1 Å². The van der Waals surface area contributed by atoms with Gasteiger partial charge in [0.05, 0.1) is 12.1 Å². The topological polar surface area (TPSA) is 47.4 Å². The average molecular weight is 406 g/mol. The summed E-state index contributed by atoms with van der Waals surface area (Å²) in [4.78, 5) is 14.8. The van der Waals surface area contributed by atoms with Gasteiger partial charge in [0.15, 0.2) is 0 Å². The molecule has 0 aliphatic heterocycles. The Labute approximate surface area is 179 Å². The van der Waals surface area contributed by atoms with Crippen molar-refractivity contribution in [3.8, 4) is 22.9 Å². The first-order chi connectivity index (χ1) is 14.4. The van der Waals surface area contributed by atoms with Crippen LogP contribution in [0.4, 0.5) is 0 Å². The van der Waals surface area contributed by atoms with Crippen LogP contribution in [0.25, 0.3) is 11.3 Å². The van der Waals surface area contributed by atoms with Crippen LogP contribution in [0, 0.1) is 12.8 Å². The zero-order valence-electron chi connectivity index (χ0n) is 18.6. The molecule has 3 aromatic rings. The maximum atomic E-state index is 12.9. The number of ether oxygens (including phenoxy) is 1. The lowest BCUT2D eigenvalue weighted by Gasteiger charge is -2.24. The van der Waals surface area contributed by atoms with E-state index in [9.17, 15) is 4.79 Å². The molecule has 3 rings (SSSR count). The number of benzene rings is 2. The minimum absolute atomic E-state index is 0.0606. The van der Waals surface area contributed by atoms with Crippen LogP contribution in [0.5, 0.6) is 11.6 Å². The highest BCUT2D eigenvalue weighted by molar-refractivity contribution is 5.78. The summed E-state index contributed by atoms with van der Waals surface area (Å²) in [6, 6.07) is 18.0. The molecule has 0 aliphatic carbocycles. The van der Waals surface area contributed by atoms with E-state index >= 15 is 0 Å². The predicted octanol–water partition coefficient (Wildman–Crippen LogP) is 5.58. The van der Waals surface area contributed by atoms with Gasteiger partial charge in [-0.3, -0.25) is 4.79 Å². The third-order valence-corrected chi connectivity index (χ3v) is 4.99. The first kappa shape index (κ1) is 21.6. The molecule has 0 saturated heterocycles. The lowest BCUT2D eigenvalue weighted by Crippen LogP contribution is -2.34. The molecule has 0 spiro atoms. The molecule has 0 saturated carbocycles. The summed E-state index contributed by atoms with van der Waals surface area (Å²) in [6.45, 7) is 9.17. The summed E-state index contributed by atoms with van der Waals surface area (Å²) in [5, 5.41) is 4.77. The number of rotatable bonds is 8. The Hall–Kier alpha value is -3.08. The Kier molecular flexibility index (Phi) is 6.93. The second-order valence-electron chi connectivity index (χ2n) is 7.96. The number of amides is 1. The summed E-state index contributed by atoms with van der Waals surface area (Å²) >= 11 is 0. The normalized spacial score (nSPS) is 11.0. The van der Waals surface area contributed by atoms with Gasteiger partial charge in [-0.15, -0.1) is 0 Å². The van der Waals surface area contributed by atoms with E-state index in [4.69, 9.17) is 9.84 Å². The molecule has 0 radical (unpaired) electrons. The molecule has 0 aliphatic rings. The maximum Gasteiger partial charge on any atom is 0.225 e. The van der Waals surface area contributed by atoms with Gasteiger partial charge in [0.1, 0.15) is 11.4 Å². The molecule has 5 heteroatoms. The van der Waals surface area contributed by atoms with E-state index in [0.717, 1.165) is 34.6 Å². The molecule has 5 nitrogen and oxygen atoms in total. The summed E-state index contributed by atoms with van der Waals surface area (Å²) in [7, 11) is 1.88. The lowest BCUT2D eigenvalue weighted by molar-refractivity contribution is -0.135. The zero-order chi connectivity index (χ0) is 21.7. The molecule has 1 heterocycles. The minimum atomic E-state index is -0.0606. The van der Waals surface area contributed by atoms with E-state index in [1.165, 1.54) is 0 Å². The van der Waals surface area contributed by atoms with Crippen molar-refractivity contribution in [3.05, 3.63) is 65.7 Å². The lowest BCUT2D eigenvalue weighted by atomic mass is 10.1. The van der Waals surface area contributed by atoms with Crippen LogP contribution in [-0.4, -0.2) is 27.1 Å². The van der Waals surface area contributed by atoms with Crippen molar-refractivity contribution in [1.82, 2.24) is 14.7 Å². The van der Waals surface area contributed by atoms with Crippen molar-refractivity contribution >= 4 is 5.91 Å². The molecule has 1 amide bonds. The monoisotopic (exact) mass is 405 g/mol. The van der Waals surface area contributed by atoms with E-state index in [0.29, 0.717) is 19.0 Å². The van der Waals surface area contributed by atoms with Crippen molar-refractivity contribution in [2.75, 3.05) is 6.54 Å². The number of hydrogen-bond donors (Lipinski definition) is 0. The summed E-state index contributed by atoms with van der Waals surface area (Å²) in [6.07, 6.45) is 0.896. The zero-order valence-corrected chi connectivity index (χ0v) is 18.6. The number of hydrogen-bond acceptors (Lipinski definition) is 3.